The number of rotatable bonds is 6. The van der Waals surface area contributed by atoms with Crippen LogP contribution in [0.25, 0.3) is 0 Å². The molecule has 39 heavy (non-hydrogen) atoms. The summed E-state index contributed by atoms with van der Waals surface area (Å²) in [5.74, 6) is -0.0234. The molecule has 2 amide bonds. The van der Waals surface area contributed by atoms with Gasteiger partial charge in [-0.25, -0.2) is 9.83 Å². The monoisotopic (exact) mass is 533 g/mol. The molecular weight excluding hydrogens is 504 g/mol. The predicted octanol–water partition coefficient (Wildman–Crippen LogP) is 3.12. The van der Waals surface area contributed by atoms with E-state index in [1.165, 1.54) is 31.4 Å². The molecule has 3 aromatic carbocycles. The molecule has 12 heteroatoms. The minimum Gasteiger partial charge on any atom is -0.487 e. The van der Waals surface area contributed by atoms with Gasteiger partial charge in [-0.2, -0.15) is 0 Å². The number of anilines is 1. The highest BCUT2D eigenvalue weighted by atomic mass is 16.8. The minimum absolute atomic E-state index is 0.0607. The van der Waals surface area contributed by atoms with E-state index in [-0.39, 0.29) is 29.0 Å². The first kappa shape index (κ1) is 26.9. The van der Waals surface area contributed by atoms with Crippen LogP contribution in [0, 0.1) is 4.91 Å². The summed E-state index contributed by atoms with van der Waals surface area (Å²) in [5, 5.41) is 3.18. The lowest BCUT2D eigenvalue weighted by Crippen LogP contribution is -2.45. The van der Waals surface area contributed by atoms with E-state index in [9.17, 15) is 14.5 Å². The number of fused-ring (bicyclic) bond motifs is 5. The van der Waals surface area contributed by atoms with Gasteiger partial charge in [0.2, 0.25) is 0 Å². The first-order valence-corrected chi connectivity index (χ1v) is 12.1. The molecule has 1 atom stereocenters. The van der Waals surface area contributed by atoms with E-state index in [1.54, 1.807) is 42.5 Å². The third-order valence-corrected chi connectivity index (χ3v) is 5.66. The van der Waals surface area contributed by atoms with Crippen LogP contribution in [0.3, 0.4) is 0 Å². The van der Waals surface area contributed by atoms with Crippen molar-refractivity contribution in [1.82, 2.24) is 10.9 Å². The zero-order valence-corrected chi connectivity index (χ0v) is 21.6. The molecule has 3 aromatic rings. The van der Waals surface area contributed by atoms with Crippen molar-refractivity contribution in [2.45, 2.75) is 26.0 Å². The van der Waals surface area contributed by atoms with Gasteiger partial charge in [-0.1, -0.05) is 12.1 Å². The van der Waals surface area contributed by atoms with Gasteiger partial charge in [0.05, 0.1) is 11.0 Å². The Labute approximate surface area is 224 Å². The normalized spacial score (nSPS) is 15.7. The molecule has 0 aromatic heterocycles. The number of nitrogens with two attached hydrogens (primary N) is 1. The van der Waals surface area contributed by atoms with Gasteiger partial charge < -0.3 is 20.5 Å². The molecule has 2 heterocycles. The second kappa shape index (κ2) is 11.9. The molecule has 0 aliphatic carbocycles. The summed E-state index contributed by atoms with van der Waals surface area (Å²) in [6.07, 6.45) is -0.118. The van der Waals surface area contributed by atoms with Crippen LogP contribution in [0.15, 0.2) is 71.7 Å². The molecular formula is C27H29N6O6+. The molecule has 5 N–H and O–H groups in total. The fraction of sp³-hybridized carbons (Fsp3) is 0.222. The maximum atomic E-state index is 13.4. The molecule has 0 saturated heterocycles. The number of amides is 2. The van der Waals surface area contributed by atoms with Crippen LogP contribution in [0.1, 0.15) is 41.4 Å². The van der Waals surface area contributed by atoms with Gasteiger partial charge in [0.15, 0.2) is 25.3 Å². The fourth-order valence-corrected chi connectivity index (χ4v) is 3.76. The number of hydrazine groups is 1. The first-order chi connectivity index (χ1) is 18.7. The second-order valence-corrected chi connectivity index (χ2v) is 8.78. The van der Waals surface area contributed by atoms with Crippen LogP contribution in [0.4, 0.5) is 11.4 Å². The lowest BCUT2D eigenvalue weighted by molar-refractivity contribution is -0.736. The molecule has 0 fully saturated rings. The van der Waals surface area contributed by atoms with Crippen LogP contribution in [-0.4, -0.2) is 42.5 Å². The maximum absolute atomic E-state index is 13.4. The number of ether oxygens (including phenoxy) is 2. The van der Waals surface area contributed by atoms with E-state index >= 15 is 0 Å². The van der Waals surface area contributed by atoms with Crippen LogP contribution in [0.5, 0.6) is 11.5 Å². The Balaban J connectivity index is 1.61. The van der Waals surface area contributed by atoms with E-state index in [2.05, 4.69) is 26.0 Å². The van der Waals surface area contributed by atoms with Crippen molar-refractivity contribution < 1.29 is 28.8 Å². The summed E-state index contributed by atoms with van der Waals surface area (Å²) < 4.78 is 11.7. The number of hydrogen-bond donors (Lipinski definition) is 4. The standard InChI is InChI=1S/C27H28N6O6/c1-16(2)39-22-12-9-18-14-23(22)38-15-29-25(28)17-7-10-20(11-8-17)30-24(18)27(35)32-31-26(34)19-5-4-6-21(13-19)33(36)37-3/h4-14,16,24H,15H2,1-3H3,(H4-,28,29,30,31,32,34,35)/p+1. The molecule has 2 aliphatic rings. The van der Waals surface area contributed by atoms with Gasteiger partial charge in [0.25, 0.3) is 16.7 Å². The van der Waals surface area contributed by atoms with Crippen molar-refractivity contribution >= 4 is 29.0 Å². The zero-order valence-electron chi connectivity index (χ0n) is 21.6. The highest BCUT2D eigenvalue weighted by Crippen LogP contribution is 2.33. The van der Waals surface area contributed by atoms with E-state index in [1.807, 2.05) is 13.8 Å². The highest BCUT2D eigenvalue weighted by Gasteiger charge is 2.24. The lowest BCUT2D eigenvalue weighted by atomic mass is 10.0. The van der Waals surface area contributed by atoms with Crippen LogP contribution < -0.4 is 31.4 Å². The molecule has 0 saturated carbocycles. The predicted molar refractivity (Wildman–Crippen MR) is 144 cm³/mol. The summed E-state index contributed by atoms with van der Waals surface area (Å²) in [7, 11) is 1.21. The molecule has 12 nitrogen and oxygen atoms in total. The molecule has 2 aliphatic heterocycles. The Morgan fingerprint density at radius 3 is 2.59 bits per heavy atom. The van der Waals surface area contributed by atoms with Crippen molar-refractivity contribution in [3.63, 3.8) is 0 Å². The summed E-state index contributed by atoms with van der Waals surface area (Å²) in [6.45, 7) is 3.71. The minimum atomic E-state index is -0.942. The first-order valence-electron chi connectivity index (χ1n) is 12.1. The summed E-state index contributed by atoms with van der Waals surface area (Å²) in [5.41, 5.74) is 13.1. The molecule has 0 spiro atoms. The zero-order chi connectivity index (χ0) is 27.9. The number of carbonyl (C=O) groups excluding carboxylic acids is 2. The second-order valence-electron chi connectivity index (χ2n) is 8.78. The van der Waals surface area contributed by atoms with Crippen molar-refractivity contribution in [2.24, 2.45) is 10.7 Å². The summed E-state index contributed by atoms with van der Waals surface area (Å²) in [4.78, 5) is 47.0. The number of nitrogens with one attached hydrogen (secondary N) is 3. The van der Waals surface area contributed by atoms with E-state index in [4.69, 9.17) is 15.2 Å². The van der Waals surface area contributed by atoms with Gasteiger partial charge in [-0.3, -0.25) is 20.4 Å². The Bertz CT molecular complexity index is 1410. The van der Waals surface area contributed by atoms with Gasteiger partial charge >= 0.3 is 5.69 Å². The molecule has 5 rings (SSSR count). The highest BCUT2D eigenvalue weighted by molar-refractivity contribution is 5.98. The fourth-order valence-electron chi connectivity index (χ4n) is 3.76. The molecule has 4 bridgehead atoms. The number of hydrogen-bond acceptors (Lipinski definition) is 9. The van der Waals surface area contributed by atoms with Crippen molar-refractivity contribution in [2.75, 3.05) is 19.2 Å². The third kappa shape index (κ3) is 6.60. The van der Waals surface area contributed by atoms with Crippen LogP contribution >= 0.6 is 0 Å². The Morgan fingerprint density at radius 2 is 1.87 bits per heavy atom. The smallest absolute Gasteiger partial charge is 0.317 e. The average molecular weight is 534 g/mol. The number of carbonyl (C=O) groups is 2. The largest absolute Gasteiger partial charge is 0.487 e. The number of amidine groups is 1. The van der Waals surface area contributed by atoms with Crippen LogP contribution in [0.2, 0.25) is 0 Å². The third-order valence-electron chi connectivity index (χ3n) is 5.66. The Kier molecular flexibility index (Phi) is 8.24. The lowest BCUT2D eigenvalue weighted by Gasteiger charge is -2.22. The number of aliphatic imine (C=N–C) groups is 1. The summed E-state index contributed by atoms with van der Waals surface area (Å²) in [6, 6.07) is 17.1. The van der Waals surface area contributed by atoms with Crippen molar-refractivity contribution in [3.8, 4) is 11.5 Å². The maximum Gasteiger partial charge on any atom is 0.317 e. The molecule has 202 valence electrons. The quantitative estimate of drug-likeness (QED) is 0.352. The molecule has 0 radical (unpaired) electrons. The van der Waals surface area contributed by atoms with Crippen molar-refractivity contribution in [3.05, 3.63) is 88.3 Å². The molecule has 1 unspecified atom stereocenters. The topological polar surface area (TPSA) is 156 Å². The number of nitrogens with zero attached hydrogens (tertiary/aromatic N) is 2. The average Bonchev–Trinajstić information content (AvgIpc) is 2.95. The van der Waals surface area contributed by atoms with E-state index < -0.39 is 17.9 Å². The Hall–Kier alpha value is -5.13. The SMILES string of the molecule is CO[N+](=O)c1cccc(C(=O)NNC(=O)C2Nc3ccc(cc3)/C(N)=N\COc3cc2ccc3OC(C)C)c1. The summed E-state index contributed by atoms with van der Waals surface area (Å²) >= 11 is 0. The van der Waals surface area contributed by atoms with Gasteiger partial charge in [-0.15, -0.1) is 0 Å². The van der Waals surface area contributed by atoms with Gasteiger partial charge in [0.1, 0.15) is 11.9 Å². The van der Waals surface area contributed by atoms with Gasteiger partial charge in [-0.05, 0) is 61.9 Å². The van der Waals surface area contributed by atoms with Gasteiger partial charge in [0, 0.05) is 28.9 Å². The van der Waals surface area contributed by atoms with Crippen molar-refractivity contribution in [1.29, 1.82) is 0 Å². The number of benzene rings is 3. The Morgan fingerprint density at radius 1 is 1.10 bits per heavy atom. The van der Waals surface area contributed by atoms with E-state index in [0.717, 1.165) is 0 Å². The van der Waals surface area contributed by atoms with E-state index in [0.29, 0.717) is 34.1 Å². The van der Waals surface area contributed by atoms with Crippen LogP contribution in [-0.2, 0) is 9.63 Å².